The fourth-order valence-electron chi connectivity index (χ4n) is 4.81. The minimum atomic E-state index is -0.103. The molecule has 2 heteroatoms. The first kappa shape index (κ1) is 19.3. The van der Waals surface area contributed by atoms with Gasteiger partial charge in [0.1, 0.15) is 0 Å². The van der Waals surface area contributed by atoms with Crippen LogP contribution < -0.4 is 0 Å². The van der Waals surface area contributed by atoms with Crippen molar-refractivity contribution in [3.8, 4) is 6.07 Å². The quantitative estimate of drug-likeness (QED) is 0.412. The van der Waals surface area contributed by atoms with Crippen molar-refractivity contribution >= 4 is 0 Å². The molecular weight excluding hydrogens is 294 g/mol. The Morgan fingerprint density at radius 2 is 1.71 bits per heavy atom. The van der Waals surface area contributed by atoms with Crippen LogP contribution in [0, 0.1) is 29.1 Å². The van der Waals surface area contributed by atoms with Crippen LogP contribution in [-0.2, 0) is 4.74 Å². The van der Waals surface area contributed by atoms with Crippen molar-refractivity contribution in [3.63, 3.8) is 0 Å². The normalized spacial score (nSPS) is 34.6. The smallest absolute Gasteiger partial charge is 0.0912 e. The van der Waals surface area contributed by atoms with E-state index >= 15 is 0 Å². The van der Waals surface area contributed by atoms with E-state index in [1.54, 1.807) is 0 Å². The highest BCUT2D eigenvalue weighted by Gasteiger charge is 2.36. The first-order valence-corrected chi connectivity index (χ1v) is 10.0. The summed E-state index contributed by atoms with van der Waals surface area (Å²) in [6, 6.07) is 2.03. The zero-order chi connectivity index (χ0) is 17.3. The lowest BCUT2D eigenvalue weighted by atomic mass is 9.67. The number of unbranched alkanes of at least 4 members (excludes halogenated alkanes) is 1. The lowest BCUT2D eigenvalue weighted by Gasteiger charge is -2.42. The fourth-order valence-corrected chi connectivity index (χ4v) is 4.81. The molecule has 0 atom stereocenters. The van der Waals surface area contributed by atoms with Gasteiger partial charge >= 0.3 is 0 Å². The monoisotopic (exact) mass is 329 g/mol. The fraction of sp³-hybridized carbons (Fsp3) is 0.773. The molecule has 2 saturated carbocycles. The van der Waals surface area contributed by atoms with Crippen molar-refractivity contribution in [1.29, 1.82) is 5.26 Å². The van der Waals surface area contributed by atoms with E-state index < -0.39 is 0 Å². The second kappa shape index (κ2) is 10.0. The molecule has 0 saturated heterocycles. The zero-order valence-corrected chi connectivity index (χ0v) is 15.7. The molecule has 2 aliphatic rings. The Hall–Kier alpha value is -1.07. The van der Waals surface area contributed by atoms with E-state index in [0.29, 0.717) is 0 Å². The summed E-state index contributed by atoms with van der Waals surface area (Å²) < 4.78 is 5.85. The average Bonchev–Trinajstić information content (AvgIpc) is 2.64. The Labute approximate surface area is 149 Å². The zero-order valence-electron chi connectivity index (χ0n) is 15.7. The maximum absolute atomic E-state index is 8.57. The van der Waals surface area contributed by atoms with E-state index in [1.165, 1.54) is 63.9 Å². The Balaban J connectivity index is 1.79. The number of allylic oxidation sites excluding steroid dienone is 3. The highest BCUT2D eigenvalue weighted by molar-refractivity contribution is 5.16. The molecule has 2 nitrogen and oxygen atoms in total. The first-order chi connectivity index (χ1) is 11.7. The van der Waals surface area contributed by atoms with Crippen LogP contribution in [0.25, 0.3) is 0 Å². The number of hydrogen-bond acceptors (Lipinski definition) is 2. The van der Waals surface area contributed by atoms with E-state index in [2.05, 4.69) is 13.0 Å². The Kier molecular flexibility index (Phi) is 8.06. The SMILES string of the molecule is CCCC[C@H]1CC[C@H]([C@H]2CC[C@@](C=CC=CC#N)(OC)CC2)CC1. The molecule has 0 N–H and O–H groups in total. The van der Waals surface area contributed by atoms with Crippen LogP contribution in [-0.4, -0.2) is 12.7 Å². The average molecular weight is 330 g/mol. The van der Waals surface area contributed by atoms with E-state index in [4.69, 9.17) is 10.00 Å². The predicted molar refractivity (Wildman–Crippen MR) is 101 cm³/mol. The van der Waals surface area contributed by atoms with E-state index in [9.17, 15) is 0 Å². The van der Waals surface area contributed by atoms with Crippen LogP contribution in [0.3, 0.4) is 0 Å². The number of rotatable bonds is 7. The first-order valence-electron chi connectivity index (χ1n) is 10.0. The van der Waals surface area contributed by atoms with Crippen LogP contribution >= 0.6 is 0 Å². The topological polar surface area (TPSA) is 33.0 Å². The summed E-state index contributed by atoms with van der Waals surface area (Å²) in [4.78, 5) is 0. The molecule has 0 aromatic rings. The van der Waals surface area contributed by atoms with Crippen molar-refractivity contribution in [2.45, 2.75) is 83.2 Å². The second-order valence-electron chi connectivity index (χ2n) is 7.88. The molecule has 0 bridgehead atoms. The van der Waals surface area contributed by atoms with Gasteiger partial charge in [-0.1, -0.05) is 57.3 Å². The molecule has 0 amide bonds. The third kappa shape index (κ3) is 5.49. The summed E-state index contributed by atoms with van der Waals surface area (Å²) in [6.07, 6.45) is 22.4. The van der Waals surface area contributed by atoms with Gasteiger partial charge in [-0.15, -0.1) is 0 Å². The molecule has 0 aromatic carbocycles. The Morgan fingerprint density at radius 3 is 2.29 bits per heavy atom. The Morgan fingerprint density at radius 1 is 1.04 bits per heavy atom. The van der Waals surface area contributed by atoms with Crippen molar-refractivity contribution in [1.82, 2.24) is 0 Å². The van der Waals surface area contributed by atoms with Crippen LogP contribution in [0.1, 0.15) is 77.6 Å². The van der Waals surface area contributed by atoms with Gasteiger partial charge in [0.25, 0.3) is 0 Å². The highest BCUT2D eigenvalue weighted by atomic mass is 16.5. The van der Waals surface area contributed by atoms with E-state index in [0.717, 1.165) is 30.6 Å². The third-order valence-electron chi connectivity index (χ3n) is 6.49. The van der Waals surface area contributed by atoms with Gasteiger partial charge in [-0.25, -0.2) is 0 Å². The lowest BCUT2D eigenvalue weighted by Crippen LogP contribution is -2.36. The molecule has 0 aliphatic heterocycles. The van der Waals surface area contributed by atoms with Crippen LogP contribution in [0.5, 0.6) is 0 Å². The lowest BCUT2D eigenvalue weighted by molar-refractivity contribution is -0.0201. The number of hydrogen-bond donors (Lipinski definition) is 0. The van der Waals surface area contributed by atoms with Crippen LogP contribution in [0.4, 0.5) is 0 Å². The van der Waals surface area contributed by atoms with Crippen molar-refractivity contribution in [3.05, 3.63) is 24.3 Å². The van der Waals surface area contributed by atoms with Crippen LogP contribution in [0.15, 0.2) is 24.3 Å². The molecule has 0 aromatic heterocycles. The van der Waals surface area contributed by atoms with Crippen molar-refractivity contribution in [2.75, 3.05) is 7.11 Å². The molecule has 0 heterocycles. The van der Waals surface area contributed by atoms with Gasteiger partial charge in [0.15, 0.2) is 0 Å². The van der Waals surface area contributed by atoms with Gasteiger partial charge in [0, 0.05) is 13.2 Å². The number of nitriles is 1. The molecule has 0 unspecified atom stereocenters. The van der Waals surface area contributed by atoms with Gasteiger partial charge in [0.2, 0.25) is 0 Å². The van der Waals surface area contributed by atoms with Gasteiger partial charge in [-0.3, -0.25) is 0 Å². The van der Waals surface area contributed by atoms with Gasteiger partial charge in [0.05, 0.1) is 11.7 Å². The molecule has 134 valence electrons. The summed E-state index contributed by atoms with van der Waals surface area (Å²) in [5.74, 6) is 2.88. The van der Waals surface area contributed by atoms with Gasteiger partial charge < -0.3 is 4.74 Å². The molecular formula is C22H35NO. The summed E-state index contributed by atoms with van der Waals surface area (Å²) in [6.45, 7) is 2.31. The van der Waals surface area contributed by atoms with Crippen molar-refractivity contribution in [2.24, 2.45) is 17.8 Å². The number of ether oxygens (including phenoxy) is 1. The summed E-state index contributed by atoms with van der Waals surface area (Å²) >= 11 is 0. The molecule has 0 spiro atoms. The maximum atomic E-state index is 8.57. The predicted octanol–water partition coefficient (Wildman–Crippen LogP) is 6.19. The Bertz CT molecular complexity index is 443. The molecule has 0 radical (unpaired) electrons. The van der Waals surface area contributed by atoms with Crippen molar-refractivity contribution < 1.29 is 4.74 Å². The summed E-state index contributed by atoms with van der Waals surface area (Å²) in [7, 11) is 1.83. The third-order valence-corrected chi connectivity index (χ3v) is 6.49. The molecule has 2 rings (SSSR count). The van der Waals surface area contributed by atoms with E-state index in [-0.39, 0.29) is 5.60 Å². The van der Waals surface area contributed by atoms with E-state index in [1.807, 2.05) is 25.3 Å². The molecule has 2 fully saturated rings. The minimum absolute atomic E-state index is 0.103. The summed E-state index contributed by atoms with van der Waals surface area (Å²) in [5, 5.41) is 8.57. The highest BCUT2D eigenvalue weighted by Crippen LogP contribution is 2.44. The largest absolute Gasteiger partial charge is 0.374 e. The second-order valence-corrected chi connectivity index (χ2v) is 7.88. The minimum Gasteiger partial charge on any atom is -0.374 e. The number of methoxy groups -OCH3 is 1. The molecule has 2 aliphatic carbocycles. The standard InChI is InChI=1S/C22H35NO/c1-3-4-8-19-9-11-20(12-10-19)21-13-16-22(24-2,17-14-21)15-6-5-7-18-23/h5-7,15,19-21H,3-4,8-14,16-17H2,1-2H3/t19-,20-,21-,22+. The summed E-state index contributed by atoms with van der Waals surface area (Å²) in [5.41, 5.74) is -0.103. The van der Waals surface area contributed by atoms with Gasteiger partial charge in [-0.05, 0) is 56.3 Å². The molecule has 24 heavy (non-hydrogen) atoms. The number of nitrogens with zero attached hydrogens (tertiary/aromatic N) is 1. The maximum Gasteiger partial charge on any atom is 0.0912 e. The van der Waals surface area contributed by atoms with Gasteiger partial charge in [-0.2, -0.15) is 5.26 Å². The van der Waals surface area contributed by atoms with Crippen LogP contribution in [0.2, 0.25) is 0 Å².